The first-order chi connectivity index (χ1) is 13.2. The van der Waals surface area contributed by atoms with Gasteiger partial charge in [-0.15, -0.1) is 0 Å². The molecule has 0 aromatic heterocycles. The van der Waals surface area contributed by atoms with Crippen molar-refractivity contribution in [3.63, 3.8) is 0 Å². The number of β-lactam (4-membered cyclic amide) rings is 1. The summed E-state index contributed by atoms with van der Waals surface area (Å²) in [6.07, 6.45) is 0.752. The first-order valence-corrected chi connectivity index (χ1v) is 9.30. The maximum atomic E-state index is 13.5. The third-order valence-corrected chi connectivity index (χ3v) is 5.64. The first kappa shape index (κ1) is 17.3. The van der Waals surface area contributed by atoms with E-state index in [0.717, 1.165) is 29.0 Å². The van der Waals surface area contributed by atoms with Gasteiger partial charge in [0.1, 0.15) is 5.75 Å². The van der Waals surface area contributed by atoms with E-state index in [9.17, 15) is 4.79 Å². The van der Waals surface area contributed by atoms with Gasteiger partial charge in [-0.1, -0.05) is 67.6 Å². The van der Waals surface area contributed by atoms with Gasteiger partial charge in [-0.05, 0) is 41.8 Å². The molecule has 0 radical (unpaired) electrons. The lowest BCUT2D eigenvalue weighted by Gasteiger charge is -2.56. The smallest absolute Gasteiger partial charge is 0.240 e. The van der Waals surface area contributed by atoms with E-state index in [1.165, 1.54) is 0 Å². The van der Waals surface area contributed by atoms with E-state index >= 15 is 0 Å². The molecule has 2 atom stereocenters. The molecule has 1 saturated heterocycles. The molecule has 0 bridgehead atoms. The van der Waals surface area contributed by atoms with Gasteiger partial charge in [-0.2, -0.15) is 0 Å². The Kier molecular flexibility index (Phi) is 4.44. The van der Waals surface area contributed by atoms with Crippen molar-refractivity contribution in [3.8, 4) is 5.75 Å². The number of hydrogen-bond acceptors (Lipinski definition) is 2. The second kappa shape index (κ2) is 6.92. The molecule has 0 spiro atoms. The van der Waals surface area contributed by atoms with E-state index in [4.69, 9.17) is 4.74 Å². The van der Waals surface area contributed by atoms with Crippen LogP contribution in [0.25, 0.3) is 0 Å². The molecule has 136 valence electrons. The minimum absolute atomic E-state index is 0.0352. The van der Waals surface area contributed by atoms with Crippen molar-refractivity contribution in [1.29, 1.82) is 0 Å². The fourth-order valence-electron chi connectivity index (χ4n) is 4.25. The van der Waals surface area contributed by atoms with Crippen LogP contribution in [0.2, 0.25) is 0 Å². The lowest BCUT2D eigenvalue weighted by atomic mass is 9.62. The molecule has 1 aliphatic heterocycles. The second-order valence-corrected chi connectivity index (χ2v) is 6.88. The molecule has 3 aromatic carbocycles. The van der Waals surface area contributed by atoms with Crippen LogP contribution in [0.3, 0.4) is 0 Å². The summed E-state index contributed by atoms with van der Waals surface area (Å²) in [4.78, 5) is 15.5. The van der Waals surface area contributed by atoms with Crippen LogP contribution in [0.15, 0.2) is 84.9 Å². The van der Waals surface area contributed by atoms with Crippen molar-refractivity contribution in [3.05, 3.63) is 96.1 Å². The van der Waals surface area contributed by atoms with Gasteiger partial charge in [0.25, 0.3) is 0 Å². The van der Waals surface area contributed by atoms with Crippen LogP contribution in [0.1, 0.15) is 30.5 Å². The number of carbonyl (C=O) groups excluding carboxylic acids is 1. The van der Waals surface area contributed by atoms with Crippen LogP contribution in [-0.4, -0.2) is 13.0 Å². The molecule has 0 unspecified atom stereocenters. The molecular weight excluding hydrogens is 334 g/mol. The highest BCUT2D eigenvalue weighted by molar-refractivity contribution is 6.10. The van der Waals surface area contributed by atoms with Crippen molar-refractivity contribution in [2.45, 2.75) is 24.8 Å². The predicted octanol–water partition coefficient (Wildman–Crippen LogP) is 5.13. The lowest BCUT2D eigenvalue weighted by molar-refractivity contribution is -0.133. The predicted molar refractivity (Wildman–Crippen MR) is 108 cm³/mol. The van der Waals surface area contributed by atoms with Crippen molar-refractivity contribution < 1.29 is 9.53 Å². The molecule has 0 saturated carbocycles. The number of carbonyl (C=O) groups is 1. The average molecular weight is 357 g/mol. The fourth-order valence-corrected chi connectivity index (χ4v) is 4.25. The molecule has 1 aliphatic rings. The molecule has 3 aromatic rings. The molecule has 3 nitrogen and oxygen atoms in total. The van der Waals surface area contributed by atoms with E-state index in [0.29, 0.717) is 0 Å². The zero-order chi connectivity index (χ0) is 18.9. The molecule has 27 heavy (non-hydrogen) atoms. The zero-order valence-electron chi connectivity index (χ0n) is 15.6. The standard InChI is InChI=1S/C24H23NO2/c1-3-24(19-12-8-5-9-13-19)22(18-10-6-4-7-11-18)25(23(24)26)20-14-16-21(27-2)17-15-20/h4-17,22H,3H2,1-2H3/t22-,24-/m1/s1. The van der Waals surface area contributed by atoms with E-state index in [2.05, 4.69) is 31.2 Å². The minimum Gasteiger partial charge on any atom is -0.497 e. The number of methoxy groups -OCH3 is 1. The maximum Gasteiger partial charge on any atom is 0.240 e. The third-order valence-electron chi connectivity index (χ3n) is 5.64. The highest BCUT2D eigenvalue weighted by Gasteiger charge is 2.61. The number of amides is 1. The second-order valence-electron chi connectivity index (χ2n) is 6.88. The Morgan fingerprint density at radius 1 is 0.889 bits per heavy atom. The summed E-state index contributed by atoms with van der Waals surface area (Å²) in [6, 6.07) is 28.2. The van der Waals surface area contributed by atoms with Gasteiger partial charge >= 0.3 is 0 Å². The number of hydrogen-bond donors (Lipinski definition) is 0. The molecule has 1 amide bonds. The van der Waals surface area contributed by atoms with Crippen LogP contribution in [0.5, 0.6) is 5.75 Å². The van der Waals surface area contributed by atoms with E-state index in [-0.39, 0.29) is 11.9 Å². The van der Waals surface area contributed by atoms with Crippen LogP contribution < -0.4 is 9.64 Å². The Hall–Kier alpha value is -3.07. The van der Waals surface area contributed by atoms with Crippen molar-refractivity contribution in [2.24, 2.45) is 0 Å². The van der Waals surface area contributed by atoms with Crippen LogP contribution >= 0.6 is 0 Å². The van der Waals surface area contributed by atoms with Gasteiger partial charge in [0, 0.05) is 5.69 Å². The van der Waals surface area contributed by atoms with Gasteiger partial charge in [-0.25, -0.2) is 0 Å². The van der Waals surface area contributed by atoms with Gasteiger partial charge in [0.05, 0.1) is 18.6 Å². The molecular formula is C24H23NO2. The largest absolute Gasteiger partial charge is 0.497 e. The topological polar surface area (TPSA) is 29.5 Å². The van der Waals surface area contributed by atoms with Gasteiger partial charge in [0.15, 0.2) is 0 Å². The zero-order valence-corrected chi connectivity index (χ0v) is 15.6. The fraction of sp³-hybridized carbons (Fsp3) is 0.208. The van der Waals surface area contributed by atoms with Crippen LogP contribution in [0.4, 0.5) is 5.69 Å². The normalized spacial score (nSPS) is 21.6. The number of rotatable bonds is 5. The Bertz CT molecular complexity index is 922. The van der Waals surface area contributed by atoms with Crippen molar-refractivity contribution in [1.82, 2.24) is 0 Å². The summed E-state index contributed by atoms with van der Waals surface area (Å²) in [5, 5.41) is 0. The summed E-state index contributed by atoms with van der Waals surface area (Å²) in [5.41, 5.74) is 2.59. The van der Waals surface area contributed by atoms with Gasteiger partial charge in [0.2, 0.25) is 5.91 Å². The van der Waals surface area contributed by atoms with Crippen LogP contribution in [0, 0.1) is 0 Å². The summed E-state index contributed by atoms with van der Waals surface area (Å²) >= 11 is 0. The summed E-state index contributed by atoms with van der Waals surface area (Å²) < 4.78 is 5.27. The molecule has 0 N–H and O–H groups in total. The van der Waals surface area contributed by atoms with E-state index in [1.807, 2.05) is 65.6 Å². The highest BCUT2D eigenvalue weighted by Crippen LogP contribution is 2.55. The SMILES string of the molecule is CC[C@]1(c2ccccc2)C(=O)N(c2ccc(OC)cc2)[C@@H]1c1ccccc1. The summed E-state index contributed by atoms with van der Waals surface area (Å²) in [5.74, 6) is 0.933. The Morgan fingerprint density at radius 3 is 2.04 bits per heavy atom. The Balaban J connectivity index is 1.84. The van der Waals surface area contributed by atoms with E-state index < -0.39 is 5.41 Å². The average Bonchev–Trinajstić information content (AvgIpc) is 2.74. The molecule has 4 rings (SSSR count). The quantitative estimate of drug-likeness (QED) is 0.592. The summed E-state index contributed by atoms with van der Waals surface area (Å²) in [6.45, 7) is 2.10. The van der Waals surface area contributed by atoms with Gasteiger partial charge < -0.3 is 9.64 Å². The number of anilines is 1. The highest BCUT2D eigenvalue weighted by atomic mass is 16.5. The molecule has 0 aliphatic carbocycles. The lowest BCUT2D eigenvalue weighted by Crippen LogP contribution is -2.66. The number of ether oxygens (including phenoxy) is 1. The number of nitrogens with zero attached hydrogens (tertiary/aromatic N) is 1. The minimum atomic E-state index is -0.539. The monoisotopic (exact) mass is 357 g/mol. The molecule has 1 fully saturated rings. The van der Waals surface area contributed by atoms with Crippen molar-refractivity contribution in [2.75, 3.05) is 12.0 Å². The summed E-state index contributed by atoms with van der Waals surface area (Å²) in [7, 11) is 1.65. The van der Waals surface area contributed by atoms with Crippen LogP contribution in [-0.2, 0) is 10.2 Å². The Labute approximate surface area is 160 Å². The van der Waals surface area contributed by atoms with Gasteiger partial charge in [-0.3, -0.25) is 4.79 Å². The Morgan fingerprint density at radius 2 is 1.48 bits per heavy atom. The maximum absolute atomic E-state index is 13.5. The number of benzene rings is 3. The van der Waals surface area contributed by atoms with Crippen molar-refractivity contribution >= 4 is 11.6 Å². The third kappa shape index (κ3) is 2.62. The molecule has 3 heteroatoms. The van der Waals surface area contributed by atoms with E-state index in [1.54, 1.807) is 7.11 Å². The first-order valence-electron chi connectivity index (χ1n) is 9.30. The molecule has 1 heterocycles.